The quantitative estimate of drug-likeness (QED) is 0.946. The van der Waals surface area contributed by atoms with Crippen LogP contribution in [0.2, 0.25) is 0 Å². The zero-order valence-corrected chi connectivity index (χ0v) is 12.9. The summed E-state index contributed by atoms with van der Waals surface area (Å²) in [6.45, 7) is 5.28. The van der Waals surface area contributed by atoms with Gasteiger partial charge in [-0.15, -0.1) is 0 Å². The van der Waals surface area contributed by atoms with Gasteiger partial charge in [-0.3, -0.25) is 0 Å². The Labute approximate surface area is 129 Å². The predicted octanol–water partition coefficient (Wildman–Crippen LogP) is 2.91. The number of benzene rings is 1. The van der Waals surface area contributed by atoms with Gasteiger partial charge in [0.1, 0.15) is 6.04 Å². The van der Waals surface area contributed by atoms with E-state index in [4.69, 9.17) is 4.52 Å². The molecule has 6 heteroatoms. The lowest BCUT2D eigenvalue weighted by atomic mass is 10.1. The minimum atomic E-state index is -0.127. The summed E-state index contributed by atoms with van der Waals surface area (Å²) in [5.41, 5.74) is 2.11. The second-order valence-electron chi connectivity index (χ2n) is 5.51. The Hall–Kier alpha value is -2.37. The molecule has 0 bridgehead atoms. The molecule has 0 saturated carbocycles. The predicted molar refractivity (Wildman–Crippen MR) is 82.2 cm³/mol. The molecule has 1 atom stereocenters. The van der Waals surface area contributed by atoms with Gasteiger partial charge in [-0.25, -0.2) is 4.79 Å². The summed E-state index contributed by atoms with van der Waals surface area (Å²) in [5.74, 6) is 1.08. The molecular weight excluding hydrogens is 280 g/mol. The summed E-state index contributed by atoms with van der Waals surface area (Å²) in [6, 6.07) is 7.78. The van der Waals surface area contributed by atoms with Crippen molar-refractivity contribution in [2.45, 2.75) is 32.7 Å². The number of carbonyl (C=O) groups is 1. The van der Waals surface area contributed by atoms with Crippen molar-refractivity contribution in [1.29, 1.82) is 0 Å². The third kappa shape index (κ3) is 2.81. The molecule has 1 aliphatic rings. The molecule has 2 amide bonds. The molecule has 0 spiro atoms. The highest BCUT2D eigenvalue weighted by Crippen LogP contribution is 2.31. The van der Waals surface area contributed by atoms with Crippen LogP contribution in [0.15, 0.2) is 28.8 Å². The average Bonchev–Trinajstić information content (AvgIpc) is 3.17. The van der Waals surface area contributed by atoms with Gasteiger partial charge in [-0.2, -0.15) is 4.98 Å². The van der Waals surface area contributed by atoms with Crippen LogP contribution in [-0.2, 0) is 0 Å². The third-order valence-corrected chi connectivity index (χ3v) is 3.88. The van der Waals surface area contributed by atoms with Crippen LogP contribution < -0.4 is 5.32 Å². The molecule has 1 N–H and O–H groups in total. The first-order valence-electron chi connectivity index (χ1n) is 7.64. The van der Waals surface area contributed by atoms with Crippen molar-refractivity contribution in [1.82, 2.24) is 20.4 Å². The number of aromatic nitrogens is 2. The Kier molecular flexibility index (Phi) is 4.09. The maximum atomic E-state index is 12.1. The van der Waals surface area contributed by atoms with Crippen LogP contribution >= 0.6 is 0 Å². The number of carbonyl (C=O) groups excluding carboxylic acids is 1. The number of nitrogens with zero attached hydrogens (tertiary/aromatic N) is 3. The highest BCUT2D eigenvalue weighted by Gasteiger charge is 2.33. The topological polar surface area (TPSA) is 71.3 Å². The highest BCUT2D eigenvalue weighted by molar-refractivity contribution is 5.74. The van der Waals surface area contributed by atoms with Gasteiger partial charge < -0.3 is 14.7 Å². The molecule has 1 aromatic carbocycles. The number of likely N-dealkylation sites (tertiary alicyclic amines) is 1. The number of amides is 2. The second kappa shape index (κ2) is 6.17. The van der Waals surface area contributed by atoms with Crippen molar-refractivity contribution in [3.63, 3.8) is 0 Å². The van der Waals surface area contributed by atoms with E-state index in [0.717, 1.165) is 24.9 Å². The maximum absolute atomic E-state index is 12.1. The number of rotatable bonds is 3. The van der Waals surface area contributed by atoms with Crippen LogP contribution in [0.5, 0.6) is 0 Å². The van der Waals surface area contributed by atoms with E-state index in [9.17, 15) is 4.79 Å². The average molecular weight is 300 g/mol. The molecule has 0 aliphatic carbocycles. The SMILES string of the molecule is CCNC(=O)N1CCC[C@@H]1c1nc(-c2ccc(C)cc2)no1. The van der Waals surface area contributed by atoms with Gasteiger partial charge in [0.2, 0.25) is 11.7 Å². The molecule has 1 aliphatic heterocycles. The smallest absolute Gasteiger partial charge is 0.318 e. The summed E-state index contributed by atoms with van der Waals surface area (Å²) < 4.78 is 5.41. The molecule has 3 rings (SSSR count). The van der Waals surface area contributed by atoms with Crippen molar-refractivity contribution < 1.29 is 9.32 Å². The van der Waals surface area contributed by atoms with Crippen LogP contribution in [0.25, 0.3) is 11.4 Å². The van der Waals surface area contributed by atoms with Gasteiger partial charge in [0.15, 0.2) is 0 Å². The second-order valence-corrected chi connectivity index (χ2v) is 5.51. The van der Waals surface area contributed by atoms with Gasteiger partial charge in [0.05, 0.1) is 0 Å². The van der Waals surface area contributed by atoms with Crippen LogP contribution in [0.4, 0.5) is 4.79 Å². The molecule has 1 saturated heterocycles. The summed E-state index contributed by atoms with van der Waals surface area (Å²) in [7, 11) is 0. The van der Waals surface area contributed by atoms with Gasteiger partial charge >= 0.3 is 6.03 Å². The minimum Gasteiger partial charge on any atom is -0.338 e. The van der Waals surface area contributed by atoms with Crippen molar-refractivity contribution in [2.24, 2.45) is 0 Å². The summed E-state index contributed by atoms with van der Waals surface area (Å²) in [6.07, 6.45) is 1.80. The molecule has 0 radical (unpaired) electrons. The Bertz CT molecular complexity index is 650. The van der Waals surface area contributed by atoms with Crippen molar-refractivity contribution in [3.05, 3.63) is 35.7 Å². The molecule has 2 heterocycles. The molecule has 22 heavy (non-hydrogen) atoms. The molecule has 1 fully saturated rings. The van der Waals surface area contributed by atoms with Crippen molar-refractivity contribution in [3.8, 4) is 11.4 Å². The van der Waals surface area contributed by atoms with Crippen molar-refractivity contribution in [2.75, 3.05) is 13.1 Å². The van der Waals surface area contributed by atoms with E-state index in [2.05, 4.69) is 15.5 Å². The number of aryl methyl sites for hydroxylation is 1. The van der Waals surface area contributed by atoms with E-state index in [-0.39, 0.29) is 12.1 Å². The molecular formula is C16H20N4O2. The molecule has 2 aromatic rings. The number of nitrogens with one attached hydrogen (secondary N) is 1. The zero-order valence-electron chi connectivity index (χ0n) is 12.9. The fourth-order valence-electron chi connectivity index (χ4n) is 2.71. The van der Waals surface area contributed by atoms with Gasteiger partial charge in [0, 0.05) is 18.7 Å². The molecule has 0 unspecified atom stereocenters. The maximum Gasteiger partial charge on any atom is 0.318 e. The number of urea groups is 1. The zero-order chi connectivity index (χ0) is 15.5. The Morgan fingerprint density at radius 1 is 1.41 bits per heavy atom. The van der Waals surface area contributed by atoms with Crippen LogP contribution in [0.1, 0.15) is 37.3 Å². The van der Waals surface area contributed by atoms with E-state index in [1.165, 1.54) is 5.56 Å². The van der Waals surface area contributed by atoms with Crippen LogP contribution in [0, 0.1) is 6.92 Å². The normalized spacial score (nSPS) is 17.7. The number of hydrogen-bond donors (Lipinski definition) is 1. The van der Waals surface area contributed by atoms with E-state index in [1.54, 1.807) is 4.90 Å². The lowest BCUT2D eigenvalue weighted by molar-refractivity contribution is 0.181. The fraction of sp³-hybridized carbons (Fsp3) is 0.438. The molecule has 1 aromatic heterocycles. The molecule has 116 valence electrons. The summed E-state index contributed by atoms with van der Waals surface area (Å²) >= 11 is 0. The molecule has 6 nitrogen and oxygen atoms in total. The Morgan fingerprint density at radius 2 is 2.18 bits per heavy atom. The first kappa shape index (κ1) is 14.6. The largest absolute Gasteiger partial charge is 0.338 e. The third-order valence-electron chi connectivity index (χ3n) is 3.88. The van der Waals surface area contributed by atoms with Crippen molar-refractivity contribution >= 4 is 6.03 Å². The summed E-state index contributed by atoms with van der Waals surface area (Å²) in [5, 5.41) is 6.89. The van der Waals surface area contributed by atoms with Gasteiger partial charge in [0.25, 0.3) is 0 Å². The van der Waals surface area contributed by atoms with E-state index in [0.29, 0.717) is 18.3 Å². The first-order chi connectivity index (χ1) is 10.7. The lowest BCUT2D eigenvalue weighted by Crippen LogP contribution is -2.39. The van der Waals surface area contributed by atoms with E-state index < -0.39 is 0 Å². The van der Waals surface area contributed by atoms with Crippen LogP contribution in [-0.4, -0.2) is 34.2 Å². The summed E-state index contributed by atoms with van der Waals surface area (Å²) in [4.78, 5) is 18.3. The fourth-order valence-corrected chi connectivity index (χ4v) is 2.71. The first-order valence-corrected chi connectivity index (χ1v) is 7.64. The monoisotopic (exact) mass is 300 g/mol. The highest BCUT2D eigenvalue weighted by atomic mass is 16.5. The standard InChI is InChI=1S/C16H20N4O2/c1-3-17-16(21)20-10-4-5-13(20)15-18-14(19-22-15)12-8-6-11(2)7-9-12/h6-9,13H,3-5,10H2,1-2H3,(H,17,21)/t13-/m1/s1. The number of hydrogen-bond acceptors (Lipinski definition) is 4. The van der Waals surface area contributed by atoms with Gasteiger partial charge in [-0.1, -0.05) is 35.0 Å². The van der Waals surface area contributed by atoms with Gasteiger partial charge in [-0.05, 0) is 26.7 Å². The Morgan fingerprint density at radius 3 is 2.91 bits per heavy atom. The Balaban J connectivity index is 1.80. The van der Waals surface area contributed by atoms with E-state index >= 15 is 0 Å². The van der Waals surface area contributed by atoms with E-state index in [1.807, 2.05) is 38.1 Å². The lowest BCUT2D eigenvalue weighted by Gasteiger charge is -2.21. The minimum absolute atomic E-state index is 0.0694. The van der Waals surface area contributed by atoms with Crippen LogP contribution in [0.3, 0.4) is 0 Å².